The maximum Gasteiger partial charge on any atom is 0.317 e. The molecule has 2 heterocycles. The molecule has 0 amide bonds. The maximum absolute atomic E-state index is 14.3. The van der Waals surface area contributed by atoms with Gasteiger partial charge in [0.25, 0.3) is 0 Å². The molecule has 7 unspecified atom stereocenters. The van der Waals surface area contributed by atoms with Gasteiger partial charge in [-0.1, -0.05) is 24.3 Å². The van der Waals surface area contributed by atoms with Gasteiger partial charge in [0.05, 0.1) is 12.5 Å². The molecule has 39 heavy (non-hydrogen) atoms. The normalized spacial score (nSPS) is 28.7. The Kier molecular flexibility index (Phi) is 10.1. The Morgan fingerprint density at radius 3 is 2.36 bits per heavy atom. The number of halogens is 2. The van der Waals surface area contributed by atoms with Crippen molar-refractivity contribution in [3.05, 3.63) is 42.0 Å². The van der Waals surface area contributed by atoms with Gasteiger partial charge in [0.2, 0.25) is 0 Å². The number of Topliss-reactive ketones (excluding diaryl/α,β-unsaturated/α-hetero) is 1. The molecule has 7 atom stereocenters. The van der Waals surface area contributed by atoms with Crippen LogP contribution in [0.1, 0.15) is 44.6 Å². The molecule has 2 aliphatic carbocycles. The molecule has 1 saturated carbocycles. The maximum atomic E-state index is 14.3. The average molecular weight is 581 g/mol. The van der Waals surface area contributed by atoms with Crippen molar-refractivity contribution in [2.75, 3.05) is 31.5 Å². The summed E-state index contributed by atoms with van der Waals surface area (Å²) in [5, 5.41) is 0. The van der Waals surface area contributed by atoms with Crippen LogP contribution in [0.15, 0.2) is 36.4 Å². The molecule has 2 aliphatic heterocycles. The predicted octanol–water partition coefficient (Wildman–Crippen LogP) is 4.12. The molecule has 1 aromatic rings. The third-order valence-corrected chi connectivity index (χ3v) is 8.34. The summed E-state index contributed by atoms with van der Waals surface area (Å²) in [6.07, 6.45) is 5.77. The van der Waals surface area contributed by atoms with Crippen molar-refractivity contribution in [3.63, 3.8) is 0 Å². The lowest BCUT2D eigenvalue weighted by Gasteiger charge is -2.53. The number of hydrogen-bond donors (Lipinski definition) is 0. The van der Waals surface area contributed by atoms with Gasteiger partial charge in [-0.05, 0) is 49.8 Å². The van der Waals surface area contributed by atoms with Crippen LogP contribution in [0.4, 0.5) is 0 Å². The Bertz CT molecular complexity index is 1090. The van der Waals surface area contributed by atoms with Crippen LogP contribution in [0, 0.1) is 23.7 Å². The van der Waals surface area contributed by atoms with Crippen molar-refractivity contribution < 1.29 is 33.4 Å². The van der Waals surface area contributed by atoms with E-state index in [1.165, 1.54) is 6.92 Å². The summed E-state index contributed by atoms with van der Waals surface area (Å²) in [4.78, 5) is 54.5. The fraction of sp³-hybridized carbons (Fsp3) is 0.586. The van der Waals surface area contributed by atoms with Gasteiger partial charge >= 0.3 is 17.9 Å². The molecule has 8 nitrogen and oxygen atoms in total. The number of fused-ring (bicyclic) bond motifs is 3. The van der Waals surface area contributed by atoms with Crippen molar-refractivity contribution in [2.24, 2.45) is 23.7 Å². The molecule has 5 rings (SSSR count). The van der Waals surface area contributed by atoms with Crippen LogP contribution >= 0.6 is 23.2 Å². The van der Waals surface area contributed by atoms with E-state index in [-0.39, 0.29) is 24.3 Å². The van der Waals surface area contributed by atoms with E-state index in [9.17, 15) is 19.2 Å². The number of alkyl halides is 2. The topological polar surface area (TPSA) is 99.2 Å². The summed E-state index contributed by atoms with van der Waals surface area (Å²) < 4.78 is 16.5. The van der Waals surface area contributed by atoms with E-state index in [4.69, 9.17) is 37.4 Å². The second-order valence-corrected chi connectivity index (χ2v) is 11.0. The molecule has 0 radical (unpaired) electrons. The second-order valence-electron chi connectivity index (χ2n) is 10.2. The number of nitrogens with zero attached hydrogens (tertiary/aromatic N) is 1. The molecule has 0 N–H and O–H groups in total. The first-order valence-corrected chi connectivity index (χ1v) is 14.6. The van der Waals surface area contributed by atoms with Crippen molar-refractivity contribution in [3.8, 4) is 5.75 Å². The number of benzene rings is 1. The highest BCUT2D eigenvalue weighted by Gasteiger charge is 2.65. The quantitative estimate of drug-likeness (QED) is 0.127. The first kappa shape index (κ1) is 29.6. The first-order chi connectivity index (χ1) is 18.8. The molecule has 10 heteroatoms. The van der Waals surface area contributed by atoms with E-state index in [1.807, 2.05) is 0 Å². The second kappa shape index (κ2) is 13.3. The van der Waals surface area contributed by atoms with E-state index in [1.54, 1.807) is 31.2 Å². The summed E-state index contributed by atoms with van der Waals surface area (Å²) in [6, 6.07) is 6.25. The highest BCUT2D eigenvalue weighted by molar-refractivity contribution is 6.18. The zero-order chi connectivity index (χ0) is 28.1. The summed E-state index contributed by atoms with van der Waals surface area (Å²) in [7, 11) is 0. The van der Waals surface area contributed by atoms with Gasteiger partial charge in [0.1, 0.15) is 23.7 Å². The molecular formula is C29H35Cl2NO7. The minimum atomic E-state index is -1.16. The lowest BCUT2D eigenvalue weighted by Crippen LogP contribution is -2.67. The molecule has 3 fully saturated rings. The Morgan fingerprint density at radius 1 is 1.10 bits per heavy atom. The molecule has 1 aromatic carbocycles. The Balaban J connectivity index is 1.78. The van der Waals surface area contributed by atoms with Crippen LogP contribution in [0.3, 0.4) is 0 Å². The zero-order valence-corrected chi connectivity index (χ0v) is 23.7. The fourth-order valence-electron chi connectivity index (χ4n) is 6.58. The summed E-state index contributed by atoms with van der Waals surface area (Å²) >= 11 is 12.4. The number of carbonyl (C=O) groups excluding carboxylic acids is 4. The first-order valence-electron chi connectivity index (χ1n) is 13.5. The van der Waals surface area contributed by atoms with E-state index in [0.717, 1.165) is 19.3 Å². The molecule has 0 aromatic heterocycles. The Hall–Kier alpha value is -2.42. The van der Waals surface area contributed by atoms with Crippen LogP contribution in [0.2, 0.25) is 0 Å². The summed E-state index contributed by atoms with van der Waals surface area (Å²) in [5.74, 6) is -4.19. The number of ether oxygens (including phenoxy) is 3. The molecule has 212 valence electrons. The van der Waals surface area contributed by atoms with Crippen LogP contribution < -0.4 is 4.74 Å². The number of allylic oxidation sites excluding steroid dienone is 2. The summed E-state index contributed by atoms with van der Waals surface area (Å²) in [5.41, 5.74) is 0.609. The fourth-order valence-corrected chi connectivity index (χ4v) is 7.01. The van der Waals surface area contributed by atoms with Crippen LogP contribution in [-0.4, -0.2) is 72.2 Å². The van der Waals surface area contributed by atoms with Gasteiger partial charge in [-0.15, -0.1) is 23.2 Å². The van der Waals surface area contributed by atoms with Gasteiger partial charge in [0.15, 0.2) is 5.78 Å². The lowest BCUT2D eigenvalue weighted by molar-refractivity contribution is -0.201. The monoisotopic (exact) mass is 579 g/mol. The zero-order valence-electron chi connectivity index (χ0n) is 22.2. The van der Waals surface area contributed by atoms with Crippen LogP contribution in [0.5, 0.6) is 5.75 Å². The van der Waals surface area contributed by atoms with Crippen LogP contribution in [0.25, 0.3) is 0 Å². The third kappa shape index (κ3) is 6.18. The van der Waals surface area contributed by atoms with Gasteiger partial charge in [-0.2, -0.15) is 0 Å². The highest BCUT2D eigenvalue weighted by Crippen LogP contribution is 2.52. The number of carbonyl (C=O) groups is 4. The molecule has 2 saturated heterocycles. The number of rotatable bonds is 11. The largest absolute Gasteiger partial charge is 0.466 e. The molecule has 2 bridgehead atoms. The molecule has 0 spiro atoms. The van der Waals surface area contributed by atoms with Crippen LogP contribution in [-0.2, 0) is 28.7 Å². The van der Waals surface area contributed by atoms with E-state index in [2.05, 4.69) is 17.1 Å². The van der Waals surface area contributed by atoms with Crippen molar-refractivity contribution in [2.45, 2.75) is 51.2 Å². The van der Waals surface area contributed by atoms with Crippen molar-refractivity contribution >= 4 is 46.9 Å². The van der Waals surface area contributed by atoms with Gasteiger partial charge in [-0.25, -0.2) is 0 Å². The third-order valence-electron chi connectivity index (χ3n) is 8.01. The minimum Gasteiger partial charge on any atom is -0.466 e. The standard InChI is InChI=1S/C29H35Cl2NO7/c1-3-37-28(35)23-21(18-9-11-20(12-10-18)38-17(2)33)22-26(34)24(27(23)39-29(22)36)25(19-7-5-4-6-8-19)32(15-13-30)16-14-31/h4-5,9-12,19,21-25,27H,3,6-8,13-16H2,1-2H3. The Labute approximate surface area is 238 Å². The smallest absolute Gasteiger partial charge is 0.317 e. The van der Waals surface area contributed by atoms with Gasteiger partial charge < -0.3 is 14.2 Å². The van der Waals surface area contributed by atoms with E-state index in [0.29, 0.717) is 36.2 Å². The SMILES string of the molecule is CCOC(=O)C1C2OC(=O)C(C(=O)C2C(C2CC=CCC2)N(CCCl)CCCl)C1c1ccc(OC(C)=O)cc1. The lowest BCUT2D eigenvalue weighted by atomic mass is 9.57. The number of ketones is 1. The van der Waals surface area contributed by atoms with Gasteiger partial charge in [0, 0.05) is 43.7 Å². The highest BCUT2D eigenvalue weighted by atomic mass is 35.5. The minimum absolute atomic E-state index is 0.109. The number of hydrogen-bond acceptors (Lipinski definition) is 8. The van der Waals surface area contributed by atoms with Crippen molar-refractivity contribution in [1.82, 2.24) is 4.90 Å². The van der Waals surface area contributed by atoms with Crippen molar-refractivity contribution in [1.29, 1.82) is 0 Å². The average Bonchev–Trinajstić information content (AvgIpc) is 2.91. The predicted molar refractivity (Wildman–Crippen MR) is 146 cm³/mol. The van der Waals surface area contributed by atoms with E-state index >= 15 is 0 Å². The van der Waals surface area contributed by atoms with Gasteiger partial charge in [-0.3, -0.25) is 24.1 Å². The Morgan fingerprint density at radius 2 is 1.79 bits per heavy atom. The van der Waals surface area contributed by atoms with E-state index < -0.39 is 47.7 Å². The number of esters is 3. The summed E-state index contributed by atoms with van der Waals surface area (Å²) in [6.45, 7) is 4.20. The molecule has 4 aliphatic rings. The molecular weight excluding hydrogens is 545 g/mol.